The molecule has 0 aromatic heterocycles. The maximum absolute atomic E-state index is 13.5. The number of hydrogen-bond acceptors (Lipinski definition) is 7. The van der Waals surface area contributed by atoms with E-state index >= 15 is 0 Å². The van der Waals surface area contributed by atoms with Gasteiger partial charge < -0.3 is 4.52 Å². The first-order valence-corrected chi connectivity index (χ1v) is 9.01. The summed E-state index contributed by atoms with van der Waals surface area (Å²) >= 11 is 0. The Bertz CT molecular complexity index is 759. The normalized spacial score (nSPS) is 16.2. The average Bonchev–Trinajstić information content (AvgIpc) is 2.25. The first kappa shape index (κ1) is 17.9. The minimum Gasteiger partial charge on any atom is -0.419 e. The first-order chi connectivity index (χ1) is 9.29. The van der Waals surface area contributed by atoms with E-state index in [0.717, 1.165) is 12.1 Å². The van der Waals surface area contributed by atoms with Crippen molar-refractivity contribution in [3.8, 4) is 5.75 Å². The minimum absolute atomic E-state index is 0.659. The highest BCUT2D eigenvalue weighted by atomic mass is 32.3. The van der Waals surface area contributed by atoms with Gasteiger partial charge in [-0.3, -0.25) is 9.11 Å². The molecule has 1 aromatic carbocycles. The summed E-state index contributed by atoms with van der Waals surface area (Å²) < 4.78 is 105. The maximum atomic E-state index is 13.5. The van der Waals surface area contributed by atoms with Gasteiger partial charge in [0.2, 0.25) is 0 Å². The summed E-state index contributed by atoms with van der Waals surface area (Å²) in [5.41, 5.74) is 0. The van der Waals surface area contributed by atoms with Crippen molar-refractivity contribution in [1.82, 2.24) is 0 Å². The van der Waals surface area contributed by atoms with Gasteiger partial charge in [0.05, 0.1) is 0 Å². The van der Waals surface area contributed by atoms with Crippen LogP contribution in [0.25, 0.3) is 0 Å². The van der Waals surface area contributed by atoms with Gasteiger partial charge >= 0.3 is 33.1 Å². The van der Waals surface area contributed by atoms with Crippen molar-refractivity contribution < 1.29 is 47.8 Å². The summed E-state index contributed by atoms with van der Waals surface area (Å²) in [5, 5.41) is 0. The molecule has 2 N–H and O–H groups in total. The van der Waals surface area contributed by atoms with Gasteiger partial charge in [0.15, 0.2) is 0 Å². The number of hydrogen-bond donors (Lipinski definition) is 2. The zero-order chi connectivity index (χ0) is 16.5. The molecular weight excluding hydrogens is 361 g/mol. The van der Waals surface area contributed by atoms with E-state index < -0.39 is 38.9 Å². The number of para-hydroxylation sites is 1. The molecule has 1 aromatic rings. The first-order valence-electron chi connectivity index (χ1n) is 4.67. The molecule has 120 valence electrons. The highest BCUT2D eigenvalue weighted by Gasteiger charge is 2.67. The van der Waals surface area contributed by atoms with Gasteiger partial charge in [-0.05, 0) is 12.1 Å². The van der Waals surface area contributed by atoms with Gasteiger partial charge in [-0.25, -0.2) is 4.57 Å². The molecule has 1 rings (SSSR count). The fraction of sp³-hybridized carbons (Fsp3) is 0.143. The summed E-state index contributed by atoms with van der Waals surface area (Å²) in [6.07, 6.45) is 0. The van der Waals surface area contributed by atoms with E-state index in [1.165, 1.54) is 18.2 Å². The third-order valence-electron chi connectivity index (χ3n) is 1.79. The Labute approximate surface area is 117 Å². The van der Waals surface area contributed by atoms with Gasteiger partial charge in [-0.2, -0.15) is 29.6 Å². The van der Waals surface area contributed by atoms with Gasteiger partial charge in [-0.1, -0.05) is 18.2 Å². The van der Waals surface area contributed by atoms with Crippen LogP contribution in [-0.4, -0.2) is 30.9 Å². The summed E-state index contributed by atoms with van der Waals surface area (Å²) in [4.78, 5) is -5.65. The van der Waals surface area contributed by atoms with Crippen LogP contribution in [0.2, 0.25) is 0 Å². The van der Waals surface area contributed by atoms with Crippen LogP contribution >= 0.6 is 7.60 Å². The van der Waals surface area contributed by atoms with Crippen molar-refractivity contribution in [2.45, 2.75) is 5.00 Å². The maximum Gasteiger partial charge on any atom is 0.483 e. The number of rotatable bonds is 6. The highest BCUT2D eigenvalue weighted by Crippen LogP contribution is 2.64. The molecule has 9 nitrogen and oxygen atoms in total. The Morgan fingerprint density at radius 2 is 1.52 bits per heavy atom. The lowest BCUT2D eigenvalue weighted by molar-refractivity contribution is 0.132. The van der Waals surface area contributed by atoms with Gasteiger partial charge in [0.25, 0.3) is 0 Å². The van der Waals surface area contributed by atoms with E-state index in [0.29, 0.717) is 0 Å². The molecule has 14 heteroatoms. The molecule has 0 spiro atoms. The van der Waals surface area contributed by atoms with Crippen LogP contribution in [-0.2, 0) is 29.1 Å². The van der Waals surface area contributed by atoms with E-state index in [-0.39, 0.29) is 0 Å². The second-order valence-electron chi connectivity index (χ2n) is 3.37. The van der Waals surface area contributed by atoms with Crippen LogP contribution < -0.4 is 4.52 Å². The van der Waals surface area contributed by atoms with Crippen molar-refractivity contribution in [2.24, 2.45) is 0 Å². The quantitative estimate of drug-likeness (QED) is 0.564. The van der Waals surface area contributed by atoms with E-state index in [4.69, 9.17) is 9.11 Å². The van der Waals surface area contributed by atoms with E-state index in [2.05, 4.69) is 8.49 Å². The lowest BCUT2D eigenvalue weighted by atomic mass is 10.3. The Balaban J connectivity index is 3.41. The van der Waals surface area contributed by atoms with E-state index in [1.54, 1.807) is 0 Å². The molecule has 0 radical (unpaired) electrons. The highest BCUT2D eigenvalue weighted by molar-refractivity contribution is 7.97. The fourth-order valence-electron chi connectivity index (χ4n) is 0.997. The van der Waals surface area contributed by atoms with Crippen LogP contribution in [0.4, 0.5) is 8.78 Å². The molecule has 0 heterocycles. The zero-order valence-corrected chi connectivity index (χ0v) is 12.2. The van der Waals surface area contributed by atoms with Gasteiger partial charge in [-0.15, -0.1) is 0 Å². The lowest BCUT2D eigenvalue weighted by Crippen LogP contribution is -2.32. The average molecular weight is 368 g/mol. The molecule has 0 saturated carbocycles. The third-order valence-corrected chi connectivity index (χ3v) is 6.40. The predicted octanol–water partition coefficient (Wildman–Crippen LogP) is 1.52. The molecule has 1 atom stereocenters. The Morgan fingerprint density at radius 3 is 1.90 bits per heavy atom. The molecule has 1 unspecified atom stereocenters. The van der Waals surface area contributed by atoms with Crippen molar-refractivity contribution in [3.05, 3.63) is 30.3 Å². The SMILES string of the molecule is O=P(Oc1ccccc1)(OS(=O)(=O)O)C(F)(F)S(=O)(=O)O. The summed E-state index contributed by atoms with van der Waals surface area (Å²) in [5.74, 6) is -0.659. The van der Waals surface area contributed by atoms with Crippen LogP contribution in [0.1, 0.15) is 0 Å². The molecule has 0 amide bonds. The summed E-state index contributed by atoms with van der Waals surface area (Å²) in [7, 11) is -18.6. The van der Waals surface area contributed by atoms with Crippen LogP contribution in [0.5, 0.6) is 5.75 Å². The second kappa shape index (κ2) is 5.59. The molecule has 0 aliphatic carbocycles. The zero-order valence-electron chi connectivity index (χ0n) is 9.66. The van der Waals surface area contributed by atoms with Crippen LogP contribution in [0.15, 0.2) is 30.3 Å². The van der Waals surface area contributed by atoms with Crippen molar-refractivity contribution in [1.29, 1.82) is 0 Å². The molecule has 0 aliphatic heterocycles. The second-order valence-corrected chi connectivity index (χ2v) is 8.32. The smallest absolute Gasteiger partial charge is 0.419 e. The van der Waals surface area contributed by atoms with Gasteiger partial charge in [0, 0.05) is 0 Å². The predicted molar refractivity (Wildman–Crippen MR) is 63.8 cm³/mol. The molecule has 21 heavy (non-hydrogen) atoms. The summed E-state index contributed by atoms with van der Waals surface area (Å²) in [6.45, 7) is 0. The number of halogens is 2. The third kappa shape index (κ3) is 4.18. The molecule has 0 aliphatic rings. The van der Waals surface area contributed by atoms with Crippen LogP contribution in [0.3, 0.4) is 0 Å². The Morgan fingerprint density at radius 1 is 1.05 bits per heavy atom. The fourth-order valence-corrected chi connectivity index (χ4v) is 4.48. The van der Waals surface area contributed by atoms with E-state index in [1.807, 2.05) is 0 Å². The van der Waals surface area contributed by atoms with E-state index in [9.17, 15) is 30.2 Å². The largest absolute Gasteiger partial charge is 0.483 e. The van der Waals surface area contributed by atoms with Crippen molar-refractivity contribution >= 4 is 28.1 Å². The standard InChI is InChI=1S/C7H7F2O9PS2/c8-7(9,20(11,12)13)19(10,18-21(14,15)16)17-6-4-2-1-3-5-6/h1-5H,(H,11,12,13)(H,14,15,16). The van der Waals surface area contributed by atoms with Gasteiger partial charge in [0.1, 0.15) is 5.75 Å². The lowest BCUT2D eigenvalue weighted by Gasteiger charge is -2.22. The molecule has 0 fully saturated rings. The summed E-state index contributed by atoms with van der Waals surface area (Å²) in [6, 6.07) is 5.60. The minimum atomic E-state index is -6.40. The Hall–Kier alpha value is -1.11. The number of benzene rings is 1. The molecule has 0 saturated heterocycles. The number of alkyl halides is 2. The van der Waals surface area contributed by atoms with Crippen molar-refractivity contribution in [3.63, 3.8) is 0 Å². The Kier molecular flexibility index (Phi) is 4.77. The van der Waals surface area contributed by atoms with Crippen LogP contribution in [0, 0.1) is 0 Å². The van der Waals surface area contributed by atoms with Crippen molar-refractivity contribution in [2.75, 3.05) is 0 Å². The topological polar surface area (TPSA) is 144 Å². The molecule has 0 bridgehead atoms. The monoisotopic (exact) mass is 368 g/mol. The molecular formula is C7H7F2O9PS2.